The molecule has 0 aliphatic carbocycles. The highest BCUT2D eigenvalue weighted by atomic mass is 127. The summed E-state index contributed by atoms with van der Waals surface area (Å²) in [5.41, 5.74) is -1.20. The van der Waals surface area contributed by atoms with Gasteiger partial charge in [-0.3, -0.25) is 4.79 Å². The summed E-state index contributed by atoms with van der Waals surface area (Å²) >= 11 is 1.23. The van der Waals surface area contributed by atoms with Crippen molar-refractivity contribution in [3.8, 4) is 5.88 Å². The van der Waals surface area contributed by atoms with Crippen molar-refractivity contribution in [2.45, 2.75) is 19.2 Å². The van der Waals surface area contributed by atoms with Crippen LogP contribution in [0.4, 0.5) is 22.0 Å². The number of pyridine rings is 1. The normalized spacial score (nSPS) is 11.7. The zero-order valence-corrected chi connectivity index (χ0v) is 11.0. The first kappa shape index (κ1) is 15.9. The van der Waals surface area contributed by atoms with Crippen LogP contribution in [0.25, 0.3) is 0 Å². The molecule has 0 bridgehead atoms. The molecule has 0 fully saturated rings. The minimum Gasteiger partial charge on any atom is -0.481 e. The second-order valence-corrected chi connectivity index (χ2v) is 4.32. The Morgan fingerprint density at radius 1 is 1.47 bits per heavy atom. The molecule has 0 spiro atoms. The van der Waals surface area contributed by atoms with Crippen molar-refractivity contribution >= 4 is 28.6 Å². The number of aromatic nitrogens is 1. The van der Waals surface area contributed by atoms with Crippen molar-refractivity contribution in [1.29, 1.82) is 0 Å². The van der Waals surface area contributed by atoms with E-state index >= 15 is 0 Å². The average molecular weight is 397 g/mol. The molecule has 0 radical (unpaired) electrons. The lowest BCUT2D eigenvalue weighted by Gasteiger charge is -2.13. The van der Waals surface area contributed by atoms with E-state index in [-0.39, 0.29) is 0 Å². The van der Waals surface area contributed by atoms with Crippen molar-refractivity contribution in [3.63, 3.8) is 0 Å². The van der Waals surface area contributed by atoms with Gasteiger partial charge in [0.2, 0.25) is 5.88 Å². The van der Waals surface area contributed by atoms with E-state index in [4.69, 9.17) is 5.11 Å². The van der Waals surface area contributed by atoms with Crippen LogP contribution < -0.4 is 4.74 Å². The third-order valence-corrected chi connectivity index (χ3v) is 2.87. The maximum atomic E-state index is 12.6. The summed E-state index contributed by atoms with van der Waals surface area (Å²) in [6.07, 6.45) is -8.96. The molecule has 1 heterocycles. The number of nitrogens with zero attached hydrogens (tertiary/aromatic N) is 1. The van der Waals surface area contributed by atoms with Crippen LogP contribution in [0.1, 0.15) is 17.7 Å². The Kier molecular flexibility index (Phi) is 4.87. The van der Waals surface area contributed by atoms with Crippen LogP contribution in [-0.2, 0) is 11.2 Å². The van der Waals surface area contributed by atoms with E-state index in [0.717, 1.165) is 6.07 Å². The summed E-state index contributed by atoms with van der Waals surface area (Å²) in [5, 5.41) is 8.50. The molecule has 0 aliphatic heterocycles. The number of carboxylic acids is 1. The second-order valence-electron chi connectivity index (χ2n) is 3.24. The molecule has 10 heteroatoms. The number of aliphatic carboxylic acids is 1. The summed E-state index contributed by atoms with van der Waals surface area (Å²) in [6, 6.07) is 0.740. The predicted octanol–water partition coefficient (Wildman–Crippen LogP) is 3.15. The highest BCUT2D eigenvalue weighted by Gasteiger charge is 2.34. The molecule has 0 aliphatic rings. The number of alkyl halides is 5. The van der Waals surface area contributed by atoms with Crippen LogP contribution in [0, 0.1) is 3.57 Å². The Balaban J connectivity index is 3.27. The van der Waals surface area contributed by atoms with Gasteiger partial charge in [0.25, 0.3) is 6.43 Å². The largest absolute Gasteiger partial charge is 0.574 e. The average Bonchev–Trinajstić information content (AvgIpc) is 2.19. The first-order valence-electron chi connectivity index (χ1n) is 4.55. The minimum absolute atomic E-state index is 0.442. The summed E-state index contributed by atoms with van der Waals surface area (Å²) in [4.78, 5) is 13.7. The number of hydrogen-bond acceptors (Lipinski definition) is 3. The first-order chi connectivity index (χ1) is 8.60. The van der Waals surface area contributed by atoms with Gasteiger partial charge in [-0.25, -0.2) is 13.8 Å². The topological polar surface area (TPSA) is 59.4 Å². The Hall–Kier alpha value is -1.20. The lowest BCUT2D eigenvalue weighted by atomic mass is 10.2. The molecular weight excluding hydrogens is 392 g/mol. The van der Waals surface area contributed by atoms with Crippen LogP contribution in [0.5, 0.6) is 5.88 Å². The maximum Gasteiger partial charge on any atom is 0.574 e. The van der Waals surface area contributed by atoms with Crippen LogP contribution in [-0.4, -0.2) is 22.4 Å². The smallest absolute Gasteiger partial charge is 0.481 e. The van der Waals surface area contributed by atoms with E-state index in [1.807, 2.05) is 0 Å². The number of hydrogen-bond donors (Lipinski definition) is 1. The molecule has 1 rings (SSSR count). The zero-order valence-electron chi connectivity index (χ0n) is 8.84. The molecule has 0 saturated heterocycles. The molecule has 19 heavy (non-hydrogen) atoms. The molecular formula is C9H5F5INO3. The van der Waals surface area contributed by atoms with E-state index < -0.39 is 45.9 Å². The maximum absolute atomic E-state index is 12.6. The van der Waals surface area contributed by atoms with E-state index in [1.165, 1.54) is 22.6 Å². The van der Waals surface area contributed by atoms with E-state index in [2.05, 4.69) is 9.72 Å². The van der Waals surface area contributed by atoms with Crippen LogP contribution in [0.2, 0.25) is 0 Å². The van der Waals surface area contributed by atoms with Gasteiger partial charge >= 0.3 is 12.3 Å². The Morgan fingerprint density at radius 3 is 2.47 bits per heavy atom. The summed E-state index contributed by atoms with van der Waals surface area (Å²) in [6.45, 7) is 0. The predicted molar refractivity (Wildman–Crippen MR) is 59.9 cm³/mol. The van der Waals surface area contributed by atoms with Gasteiger partial charge in [0.1, 0.15) is 0 Å². The number of carboxylic acid groups (broad SMARTS) is 1. The van der Waals surface area contributed by atoms with E-state index in [1.54, 1.807) is 0 Å². The van der Waals surface area contributed by atoms with Gasteiger partial charge in [-0.05, 0) is 28.7 Å². The summed E-state index contributed by atoms with van der Waals surface area (Å²) in [7, 11) is 0. The monoisotopic (exact) mass is 397 g/mol. The number of ether oxygens (including phenoxy) is 1. The van der Waals surface area contributed by atoms with Gasteiger partial charge in [0, 0.05) is 5.56 Å². The van der Waals surface area contributed by atoms with Crippen molar-refractivity contribution in [2.75, 3.05) is 0 Å². The van der Waals surface area contributed by atoms with Gasteiger partial charge in [-0.15, -0.1) is 13.2 Å². The molecule has 1 aromatic rings. The second kappa shape index (κ2) is 5.84. The third-order valence-electron chi connectivity index (χ3n) is 1.79. The zero-order chi connectivity index (χ0) is 14.8. The lowest BCUT2D eigenvalue weighted by molar-refractivity contribution is -0.276. The van der Waals surface area contributed by atoms with Gasteiger partial charge in [-0.1, -0.05) is 0 Å². The molecule has 0 atom stereocenters. The number of carbonyl (C=O) groups is 1. The number of halogens is 6. The van der Waals surface area contributed by atoms with Crippen LogP contribution in [0.15, 0.2) is 6.07 Å². The molecule has 0 amide bonds. The van der Waals surface area contributed by atoms with Gasteiger partial charge in [0.05, 0.1) is 15.7 Å². The molecule has 1 N–H and O–H groups in total. The van der Waals surface area contributed by atoms with Gasteiger partial charge in [0.15, 0.2) is 0 Å². The highest BCUT2D eigenvalue weighted by molar-refractivity contribution is 14.1. The Labute approximate surface area is 116 Å². The van der Waals surface area contributed by atoms with E-state index in [0.29, 0.717) is 0 Å². The fourth-order valence-corrected chi connectivity index (χ4v) is 1.78. The van der Waals surface area contributed by atoms with Crippen molar-refractivity contribution in [1.82, 2.24) is 4.98 Å². The molecule has 0 unspecified atom stereocenters. The SMILES string of the molecule is O=C(O)Cc1cc(C(F)F)c(I)c(OC(F)(F)F)n1. The van der Waals surface area contributed by atoms with Crippen LogP contribution in [0.3, 0.4) is 0 Å². The highest BCUT2D eigenvalue weighted by Crippen LogP contribution is 2.33. The molecule has 4 nitrogen and oxygen atoms in total. The molecule has 0 saturated carbocycles. The summed E-state index contributed by atoms with van der Waals surface area (Å²) in [5.74, 6) is -2.49. The first-order valence-corrected chi connectivity index (χ1v) is 5.63. The van der Waals surface area contributed by atoms with Crippen molar-refractivity contribution in [2.24, 2.45) is 0 Å². The molecule has 106 valence electrons. The van der Waals surface area contributed by atoms with Crippen molar-refractivity contribution < 1.29 is 36.6 Å². The third kappa shape index (κ3) is 4.76. The minimum atomic E-state index is -5.10. The quantitative estimate of drug-likeness (QED) is 0.627. The fourth-order valence-electron chi connectivity index (χ4n) is 1.16. The van der Waals surface area contributed by atoms with Gasteiger partial charge < -0.3 is 9.84 Å². The van der Waals surface area contributed by atoms with Gasteiger partial charge in [-0.2, -0.15) is 0 Å². The lowest BCUT2D eigenvalue weighted by Crippen LogP contribution is -2.20. The van der Waals surface area contributed by atoms with E-state index in [9.17, 15) is 26.7 Å². The van der Waals surface area contributed by atoms with Crippen molar-refractivity contribution in [3.05, 3.63) is 20.9 Å². The van der Waals surface area contributed by atoms with Crippen LogP contribution >= 0.6 is 22.6 Å². The molecule has 1 aromatic heterocycles. The fraction of sp³-hybridized carbons (Fsp3) is 0.333. The number of rotatable bonds is 4. The standard InChI is InChI=1S/C9H5F5INO3/c10-7(11)4-1-3(2-5(17)18)16-8(6(4)15)19-9(12,13)14/h1,7H,2H2,(H,17,18). The Bertz CT molecular complexity index is 491. The molecule has 0 aromatic carbocycles. The summed E-state index contributed by atoms with van der Waals surface area (Å²) < 4.78 is 64.5. The Morgan fingerprint density at radius 2 is 2.05 bits per heavy atom.